The molecule has 0 saturated carbocycles. The maximum atomic E-state index is 11.2. The summed E-state index contributed by atoms with van der Waals surface area (Å²) in [5, 5.41) is 9.24. The van der Waals surface area contributed by atoms with Gasteiger partial charge in [0.15, 0.2) is 0 Å². The van der Waals surface area contributed by atoms with Crippen molar-refractivity contribution < 1.29 is 14.6 Å². The molecule has 0 unspecified atom stereocenters. The molecule has 1 aromatic heterocycles. The topological polar surface area (TPSA) is 82.0 Å². The van der Waals surface area contributed by atoms with E-state index in [2.05, 4.69) is 25.8 Å². The zero-order valence-electron chi connectivity index (χ0n) is 17.4. The van der Waals surface area contributed by atoms with E-state index in [4.69, 9.17) is 9.72 Å². The highest BCUT2D eigenvalue weighted by Crippen LogP contribution is 2.30. The van der Waals surface area contributed by atoms with Crippen LogP contribution in [0.4, 0.5) is 11.8 Å². The molecule has 160 valence electrons. The maximum Gasteiger partial charge on any atom is 0.303 e. The molecule has 8 nitrogen and oxygen atoms in total. The molecule has 3 saturated heterocycles. The number of aromatic nitrogens is 2. The zero-order valence-corrected chi connectivity index (χ0v) is 17.4. The van der Waals surface area contributed by atoms with E-state index in [1.807, 2.05) is 6.92 Å². The third kappa shape index (κ3) is 4.98. The molecule has 2 atom stereocenters. The Morgan fingerprint density at radius 2 is 1.90 bits per heavy atom. The van der Waals surface area contributed by atoms with Gasteiger partial charge in [0.1, 0.15) is 5.82 Å². The van der Waals surface area contributed by atoms with E-state index < -0.39 is 5.97 Å². The summed E-state index contributed by atoms with van der Waals surface area (Å²) in [6, 6.07) is 2.50. The number of rotatable bonds is 6. The Morgan fingerprint density at radius 3 is 2.62 bits per heavy atom. The van der Waals surface area contributed by atoms with Gasteiger partial charge in [-0.15, -0.1) is 0 Å². The van der Waals surface area contributed by atoms with Gasteiger partial charge in [-0.25, -0.2) is 4.98 Å². The number of carbonyl (C=O) groups is 1. The number of ether oxygens (including phenoxy) is 1. The monoisotopic (exact) mass is 403 g/mol. The molecule has 1 aromatic rings. The second-order valence-electron chi connectivity index (χ2n) is 8.50. The minimum absolute atomic E-state index is 0.223. The molecular formula is C21H33N5O3. The lowest BCUT2D eigenvalue weighted by Crippen LogP contribution is -2.54. The van der Waals surface area contributed by atoms with Crippen LogP contribution in [0.5, 0.6) is 0 Å². The van der Waals surface area contributed by atoms with Crippen LogP contribution in [-0.2, 0) is 9.53 Å². The van der Waals surface area contributed by atoms with Gasteiger partial charge in [-0.05, 0) is 38.5 Å². The van der Waals surface area contributed by atoms with E-state index in [-0.39, 0.29) is 6.42 Å². The van der Waals surface area contributed by atoms with E-state index in [0.717, 1.165) is 76.4 Å². The molecule has 29 heavy (non-hydrogen) atoms. The van der Waals surface area contributed by atoms with Crippen molar-refractivity contribution in [3.63, 3.8) is 0 Å². The Labute approximate surface area is 172 Å². The summed E-state index contributed by atoms with van der Waals surface area (Å²) in [5.74, 6) is 1.44. The molecule has 3 aliphatic heterocycles. The number of hydrogen-bond acceptors (Lipinski definition) is 7. The van der Waals surface area contributed by atoms with Gasteiger partial charge in [0.25, 0.3) is 0 Å². The number of nitrogens with zero attached hydrogens (tertiary/aromatic N) is 5. The first kappa shape index (κ1) is 20.3. The number of piperidine rings is 1. The molecule has 8 heteroatoms. The van der Waals surface area contributed by atoms with Crippen molar-refractivity contribution in [3.05, 3.63) is 11.8 Å². The van der Waals surface area contributed by atoms with Crippen LogP contribution in [0.2, 0.25) is 0 Å². The molecule has 0 amide bonds. The van der Waals surface area contributed by atoms with Crippen molar-refractivity contribution >= 4 is 17.7 Å². The Kier molecular flexibility index (Phi) is 6.50. The van der Waals surface area contributed by atoms with E-state index in [9.17, 15) is 9.90 Å². The molecule has 0 bridgehead atoms. The largest absolute Gasteiger partial charge is 0.481 e. The summed E-state index contributed by atoms with van der Waals surface area (Å²) in [6.45, 7) is 9.33. The highest BCUT2D eigenvalue weighted by atomic mass is 16.5. The smallest absolute Gasteiger partial charge is 0.303 e. The van der Waals surface area contributed by atoms with Gasteiger partial charge >= 0.3 is 5.97 Å². The minimum Gasteiger partial charge on any atom is -0.481 e. The highest BCUT2D eigenvalue weighted by Gasteiger charge is 2.35. The summed E-state index contributed by atoms with van der Waals surface area (Å²) in [5.41, 5.74) is 0.995. The second-order valence-corrected chi connectivity index (χ2v) is 8.50. The van der Waals surface area contributed by atoms with Crippen LogP contribution in [0.3, 0.4) is 0 Å². The molecule has 3 aliphatic rings. The fraction of sp³-hybridized carbons (Fsp3) is 0.762. The normalized spacial score (nSPS) is 26.1. The van der Waals surface area contributed by atoms with Gasteiger partial charge in [0, 0.05) is 63.5 Å². The van der Waals surface area contributed by atoms with Crippen LogP contribution < -0.4 is 9.80 Å². The first-order valence-electron chi connectivity index (χ1n) is 11.0. The Hall–Kier alpha value is -1.93. The third-order valence-electron chi connectivity index (χ3n) is 6.48. The second kappa shape index (κ2) is 9.26. The van der Waals surface area contributed by atoms with Crippen LogP contribution in [0.25, 0.3) is 0 Å². The average Bonchev–Trinajstić information content (AvgIpc) is 3.27. The molecular weight excluding hydrogens is 370 g/mol. The van der Waals surface area contributed by atoms with Crippen molar-refractivity contribution in [2.45, 2.75) is 45.1 Å². The summed E-state index contributed by atoms with van der Waals surface area (Å²) in [7, 11) is 0. The van der Waals surface area contributed by atoms with Crippen LogP contribution in [0.1, 0.15) is 37.8 Å². The predicted molar refractivity (Wildman–Crippen MR) is 112 cm³/mol. The molecule has 0 aromatic carbocycles. The summed E-state index contributed by atoms with van der Waals surface area (Å²) >= 11 is 0. The number of aryl methyl sites for hydroxylation is 1. The minimum atomic E-state index is -0.711. The maximum absolute atomic E-state index is 11.2. The first-order valence-corrected chi connectivity index (χ1v) is 11.0. The molecule has 4 heterocycles. The van der Waals surface area contributed by atoms with Gasteiger partial charge in [-0.1, -0.05) is 0 Å². The molecule has 3 fully saturated rings. The summed E-state index contributed by atoms with van der Waals surface area (Å²) in [4.78, 5) is 27.9. The van der Waals surface area contributed by atoms with Crippen LogP contribution in [0, 0.1) is 12.8 Å². The van der Waals surface area contributed by atoms with E-state index in [1.165, 1.54) is 12.8 Å². The highest BCUT2D eigenvalue weighted by molar-refractivity contribution is 5.66. The molecule has 0 aliphatic carbocycles. The van der Waals surface area contributed by atoms with Crippen LogP contribution >= 0.6 is 0 Å². The van der Waals surface area contributed by atoms with Crippen molar-refractivity contribution in [1.82, 2.24) is 14.9 Å². The standard InChI is InChI=1S/C21H33N5O3/c1-16-14-19(23-21(22-16)25-7-2-3-8-25)26-9-6-18(24-10-12-29-13-11-24)17(15-26)4-5-20(27)28/h14,17-18H,2-13,15H2,1H3,(H,27,28)/t17-,18+/m1/s1. The van der Waals surface area contributed by atoms with Crippen LogP contribution in [-0.4, -0.2) is 84.5 Å². The van der Waals surface area contributed by atoms with Gasteiger partial charge in [-0.2, -0.15) is 4.98 Å². The van der Waals surface area contributed by atoms with E-state index in [1.54, 1.807) is 0 Å². The van der Waals surface area contributed by atoms with Crippen molar-refractivity contribution in [2.24, 2.45) is 5.92 Å². The summed E-state index contributed by atoms with van der Waals surface area (Å²) < 4.78 is 5.52. The Balaban J connectivity index is 1.50. The average molecular weight is 404 g/mol. The number of aliphatic carboxylic acids is 1. The molecule has 0 spiro atoms. The fourth-order valence-electron chi connectivity index (χ4n) is 4.97. The lowest BCUT2D eigenvalue weighted by molar-refractivity contribution is -0.137. The van der Waals surface area contributed by atoms with Gasteiger partial charge in [-0.3, -0.25) is 9.69 Å². The molecule has 4 rings (SSSR count). The van der Waals surface area contributed by atoms with E-state index in [0.29, 0.717) is 18.4 Å². The Bertz CT molecular complexity index is 704. The predicted octanol–water partition coefficient (Wildman–Crippen LogP) is 1.78. The molecule has 0 radical (unpaired) electrons. The fourth-order valence-corrected chi connectivity index (χ4v) is 4.97. The zero-order chi connectivity index (χ0) is 20.2. The lowest BCUT2D eigenvalue weighted by Gasteiger charge is -2.45. The third-order valence-corrected chi connectivity index (χ3v) is 6.48. The first-order chi connectivity index (χ1) is 14.1. The van der Waals surface area contributed by atoms with Crippen molar-refractivity contribution in [3.8, 4) is 0 Å². The lowest BCUT2D eigenvalue weighted by atomic mass is 9.86. The number of anilines is 2. The van der Waals surface area contributed by atoms with Crippen molar-refractivity contribution in [1.29, 1.82) is 0 Å². The number of carboxylic acid groups (broad SMARTS) is 1. The van der Waals surface area contributed by atoms with Gasteiger partial charge in [0.2, 0.25) is 5.95 Å². The quantitative estimate of drug-likeness (QED) is 0.770. The SMILES string of the molecule is Cc1cc(N2CC[C@H](N3CCOCC3)[C@H](CCC(=O)O)C2)nc(N2CCCC2)n1. The summed E-state index contributed by atoms with van der Waals surface area (Å²) in [6.07, 6.45) is 4.37. The van der Waals surface area contributed by atoms with Crippen LogP contribution in [0.15, 0.2) is 6.07 Å². The van der Waals surface area contributed by atoms with Crippen molar-refractivity contribution in [2.75, 3.05) is 62.3 Å². The van der Waals surface area contributed by atoms with E-state index >= 15 is 0 Å². The van der Waals surface area contributed by atoms with Gasteiger partial charge < -0.3 is 19.6 Å². The number of hydrogen-bond donors (Lipinski definition) is 1. The van der Waals surface area contributed by atoms with Gasteiger partial charge in [0.05, 0.1) is 13.2 Å². The molecule has 1 N–H and O–H groups in total. The number of morpholine rings is 1. The number of carboxylic acids is 1. The Morgan fingerprint density at radius 1 is 1.14 bits per heavy atom.